The number of amides is 2. The zero-order valence-corrected chi connectivity index (χ0v) is 16.5. The minimum atomic E-state index is -0.496. The van der Waals surface area contributed by atoms with Gasteiger partial charge in [0.25, 0.3) is 5.91 Å². The van der Waals surface area contributed by atoms with Gasteiger partial charge in [-0.1, -0.05) is 17.7 Å². The maximum absolute atomic E-state index is 13.0. The summed E-state index contributed by atoms with van der Waals surface area (Å²) in [5, 5.41) is 2.96. The number of hydrogen-bond donors (Lipinski definition) is 1. The van der Waals surface area contributed by atoms with E-state index in [1.807, 2.05) is 43.3 Å². The Hall–Kier alpha value is -3.15. The van der Waals surface area contributed by atoms with Crippen LogP contribution in [0.25, 0.3) is 11.0 Å². The van der Waals surface area contributed by atoms with Gasteiger partial charge in [0.15, 0.2) is 0 Å². The molecule has 0 aliphatic carbocycles. The fourth-order valence-electron chi connectivity index (χ4n) is 4.38. The Bertz CT molecular complexity index is 1100. The van der Waals surface area contributed by atoms with Gasteiger partial charge in [-0.3, -0.25) is 9.59 Å². The van der Waals surface area contributed by atoms with Crippen LogP contribution in [-0.2, 0) is 17.8 Å². The van der Waals surface area contributed by atoms with Gasteiger partial charge in [0, 0.05) is 30.8 Å². The second kappa shape index (κ2) is 7.03. The highest BCUT2D eigenvalue weighted by molar-refractivity contribution is 6.03. The zero-order valence-electron chi connectivity index (χ0n) is 16.5. The Kier molecular flexibility index (Phi) is 4.34. The van der Waals surface area contributed by atoms with Crippen LogP contribution in [0.1, 0.15) is 41.0 Å². The van der Waals surface area contributed by atoms with Crippen LogP contribution in [0.15, 0.2) is 42.5 Å². The molecule has 2 aromatic carbocycles. The van der Waals surface area contributed by atoms with Gasteiger partial charge < -0.3 is 14.8 Å². The van der Waals surface area contributed by atoms with Crippen LogP contribution in [0.3, 0.4) is 0 Å². The summed E-state index contributed by atoms with van der Waals surface area (Å²) in [4.78, 5) is 32.3. The lowest BCUT2D eigenvalue weighted by atomic mass is 10.0. The number of imidazole rings is 1. The lowest BCUT2D eigenvalue weighted by Gasteiger charge is -2.32. The number of anilines is 1. The second-order valence-electron chi connectivity index (χ2n) is 7.98. The molecule has 1 aromatic heterocycles. The first kappa shape index (κ1) is 17.9. The molecule has 2 aliphatic heterocycles. The van der Waals surface area contributed by atoms with E-state index < -0.39 is 6.04 Å². The van der Waals surface area contributed by atoms with E-state index in [1.54, 1.807) is 11.0 Å². The normalized spacial score (nSPS) is 18.9. The Labute approximate surface area is 169 Å². The average Bonchev–Trinajstić information content (AvgIpc) is 3.31. The molecule has 6 nitrogen and oxygen atoms in total. The number of aromatic nitrogens is 2. The Morgan fingerprint density at radius 3 is 2.76 bits per heavy atom. The molecule has 0 bridgehead atoms. The first-order valence-corrected chi connectivity index (χ1v) is 10.3. The van der Waals surface area contributed by atoms with E-state index in [-0.39, 0.29) is 11.8 Å². The first-order valence-electron chi connectivity index (χ1n) is 10.3. The van der Waals surface area contributed by atoms with E-state index >= 15 is 0 Å². The summed E-state index contributed by atoms with van der Waals surface area (Å²) in [5.41, 5.74) is 4.55. The Balaban J connectivity index is 1.35. The smallest absolute Gasteiger partial charge is 0.252 e. The molecular weight excluding hydrogens is 364 g/mol. The molecule has 29 heavy (non-hydrogen) atoms. The van der Waals surface area contributed by atoms with Crippen molar-refractivity contribution in [3.05, 3.63) is 59.4 Å². The average molecular weight is 388 g/mol. The third-order valence-corrected chi connectivity index (χ3v) is 5.96. The van der Waals surface area contributed by atoms with Crippen molar-refractivity contribution in [1.82, 2.24) is 14.9 Å². The van der Waals surface area contributed by atoms with Crippen LogP contribution in [0.5, 0.6) is 0 Å². The van der Waals surface area contributed by atoms with Crippen molar-refractivity contribution >= 4 is 28.5 Å². The van der Waals surface area contributed by atoms with E-state index in [2.05, 4.69) is 14.9 Å². The van der Waals surface area contributed by atoms with Gasteiger partial charge in [-0.25, -0.2) is 4.98 Å². The fourth-order valence-corrected chi connectivity index (χ4v) is 4.38. The van der Waals surface area contributed by atoms with Crippen molar-refractivity contribution in [3.8, 4) is 0 Å². The second-order valence-corrected chi connectivity index (χ2v) is 7.98. The predicted octanol–water partition coefficient (Wildman–Crippen LogP) is 3.22. The number of piperidine rings is 1. The first-order chi connectivity index (χ1) is 14.1. The minimum absolute atomic E-state index is 0.0419. The Morgan fingerprint density at radius 2 is 1.93 bits per heavy atom. The lowest BCUT2D eigenvalue weighted by molar-refractivity contribution is -0.121. The van der Waals surface area contributed by atoms with E-state index in [0.717, 1.165) is 53.9 Å². The number of carbonyl (C=O) groups excluding carboxylic acids is 2. The van der Waals surface area contributed by atoms with Crippen molar-refractivity contribution in [2.75, 3.05) is 11.4 Å². The van der Waals surface area contributed by atoms with Crippen molar-refractivity contribution in [3.63, 3.8) is 0 Å². The third kappa shape index (κ3) is 3.18. The maximum Gasteiger partial charge on any atom is 0.252 e. The molecule has 1 atom stereocenters. The Morgan fingerprint density at radius 1 is 1.10 bits per heavy atom. The predicted molar refractivity (Wildman–Crippen MR) is 112 cm³/mol. The summed E-state index contributed by atoms with van der Waals surface area (Å²) in [6.45, 7) is 3.66. The number of hydrogen-bond acceptors (Lipinski definition) is 3. The summed E-state index contributed by atoms with van der Waals surface area (Å²) in [5.74, 6) is 0.845. The third-order valence-electron chi connectivity index (χ3n) is 5.96. The highest BCUT2D eigenvalue weighted by Gasteiger charge is 2.31. The molecule has 1 fully saturated rings. The summed E-state index contributed by atoms with van der Waals surface area (Å²) in [6, 6.07) is 13.0. The van der Waals surface area contributed by atoms with Crippen molar-refractivity contribution in [2.45, 2.75) is 45.2 Å². The van der Waals surface area contributed by atoms with Crippen molar-refractivity contribution in [2.24, 2.45) is 0 Å². The van der Waals surface area contributed by atoms with Gasteiger partial charge in [0.05, 0.1) is 11.0 Å². The molecule has 6 heteroatoms. The maximum atomic E-state index is 13.0. The van der Waals surface area contributed by atoms with E-state index in [0.29, 0.717) is 18.5 Å². The number of nitrogens with one attached hydrogen (secondary N) is 1. The summed E-state index contributed by atoms with van der Waals surface area (Å²) >= 11 is 0. The molecule has 3 heterocycles. The van der Waals surface area contributed by atoms with Gasteiger partial charge >= 0.3 is 0 Å². The van der Waals surface area contributed by atoms with Gasteiger partial charge in [0.1, 0.15) is 11.9 Å². The molecule has 5 rings (SSSR count). The van der Waals surface area contributed by atoms with Crippen LogP contribution in [0.4, 0.5) is 5.69 Å². The van der Waals surface area contributed by atoms with Crippen LogP contribution >= 0.6 is 0 Å². The fraction of sp³-hybridized carbons (Fsp3) is 0.348. The summed E-state index contributed by atoms with van der Waals surface area (Å²) < 4.78 is 2.19. The number of rotatable bonds is 3. The number of benzene rings is 2. The SMILES string of the molecule is Cc1ccc(N2CCC[C@H](NC(=O)c3ccc4nc5n(c4c3)CCC5)C2=O)cc1. The largest absolute Gasteiger partial charge is 0.340 e. The number of fused-ring (bicyclic) bond motifs is 3. The molecule has 3 aromatic rings. The molecule has 0 spiro atoms. The number of carbonyl (C=O) groups is 2. The quantitative estimate of drug-likeness (QED) is 0.749. The molecule has 2 aliphatic rings. The molecule has 148 valence electrons. The molecule has 2 amide bonds. The van der Waals surface area contributed by atoms with E-state index in [4.69, 9.17) is 0 Å². The number of nitrogens with zero attached hydrogens (tertiary/aromatic N) is 3. The van der Waals surface area contributed by atoms with Gasteiger partial charge in [0.2, 0.25) is 5.91 Å². The van der Waals surface area contributed by atoms with Crippen LogP contribution in [-0.4, -0.2) is 34.0 Å². The molecule has 1 saturated heterocycles. The van der Waals surface area contributed by atoms with Crippen molar-refractivity contribution < 1.29 is 9.59 Å². The molecular formula is C23H24N4O2. The molecule has 0 saturated carbocycles. The van der Waals surface area contributed by atoms with Gasteiger partial charge in [-0.2, -0.15) is 0 Å². The minimum Gasteiger partial charge on any atom is -0.340 e. The lowest BCUT2D eigenvalue weighted by Crippen LogP contribution is -2.52. The standard InChI is InChI=1S/C23H24N4O2/c1-15-6-9-17(10-7-15)26-12-2-4-19(23(26)29)25-22(28)16-8-11-18-20(14-16)27-13-3-5-21(27)24-18/h6-11,14,19H,2-5,12-13H2,1H3,(H,25,28)/t19-/m0/s1. The monoisotopic (exact) mass is 388 g/mol. The highest BCUT2D eigenvalue weighted by Crippen LogP contribution is 2.25. The van der Waals surface area contributed by atoms with Gasteiger partial charge in [-0.15, -0.1) is 0 Å². The highest BCUT2D eigenvalue weighted by atomic mass is 16.2. The van der Waals surface area contributed by atoms with E-state index in [9.17, 15) is 9.59 Å². The zero-order chi connectivity index (χ0) is 20.0. The van der Waals surface area contributed by atoms with Crippen LogP contribution in [0, 0.1) is 6.92 Å². The van der Waals surface area contributed by atoms with E-state index in [1.165, 1.54) is 0 Å². The molecule has 1 N–H and O–H groups in total. The van der Waals surface area contributed by atoms with Crippen molar-refractivity contribution in [1.29, 1.82) is 0 Å². The summed E-state index contributed by atoms with van der Waals surface area (Å²) in [7, 11) is 0. The topological polar surface area (TPSA) is 67.2 Å². The summed E-state index contributed by atoms with van der Waals surface area (Å²) in [6.07, 6.45) is 3.61. The number of aryl methyl sites for hydroxylation is 3. The molecule has 0 unspecified atom stereocenters. The molecule has 0 radical (unpaired) electrons. The van der Waals surface area contributed by atoms with Crippen LogP contribution < -0.4 is 10.2 Å². The van der Waals surface area contributed by atoms with Gasteiger partial charge in [-0.05, 0) is 56.5 Å². The van der Waals surface area contributed by atoms with Crippen LogP contribution in [0.2, 0.25) is 0 Å².